The van der Waals surface area contributed by atoms with Crippen molar-refractivity contribution in [3.63, 3.8) is 0 Å². The van der Waals surface area contributed by atoms with E-state index >= 15 is 0 Å². The lowest BCUT2D eigenvalue weighted by Gasteiger charge is -2.70. The molecule has 1 N–H and O–H groups in total. The first-order chi connectivity index (χ1) is 9.05. The highest BCUT2D eigenvalue weighted by molar-refractivity contribution is 9.09. The Bertz CT molecular complexity index is 386. The standard InChI is InChI=1S/C14H20BrNO3/c15-5-10(17)4-13-7-14(8-13,9-13)16-12(18)6-19-11-2-1-3-11/h11H,1-9H2,(H,16,18). The minimum Gasteiger partial charge on any atom is -0.368 e. The highest BCUT2D eigenvalue weighted by Crippen LogP contribution is 2.68. The maximum Gasteiger partial charge on any atom is 0.246 e. The van der Waals surface area contributed by atoms with Crippen molar-refractivity contribution in [1.29, 1.82) is 0 Å². The van der Waals surface area contributed by atoms with Gasteiger partial charge in [-0.1, -0.05) is 15.9 Å². The molecule has 19 heavy (non-hydrogen) atoms. The van der Waals surface area contributed by atoms with E-state index in [9.17, 15) is 9.59 Å². The van der Waals surface area contributed by atoms with Crippen LogP contribution < -0.4 is 5.32 Å². The molecular formula is C14H20BrNO3. The third kappa shape index (κ3) is 2.59. The van der Waals surface area contributed by atoms with Crippen molar-refractivity contribution in [2.24, 2.45) is 5.41 Å². The van der Waals surface area contributed by atoms with Crippen LogP contribution in [0.3, 0.4) is 0 Å². The van der Waals surface area contributed by atoms with Crippen LogP contribution in [0, 0.1) is 5.41 Å². The summed E-state index contributed by atoms with van der Waals surface area (Å²) in [6.07, 6.45) is 7.28. The van der Waals surface area contributed by atoms with Crippen molar-refractivity contribution in [1.82, 2.24) is 5.32 Å². The van der Waals surface area contributed by atoms with Gasteiger partial charge in [-0.05, 0) is 43.9 Å². The van der Waals surface area contributed by atoms with E-state index in [4.69, 9.17) is 4.74 Å². The van der Waals surface area contributed by atoms with Crippen LogP contribution >= 0.6 is 15.9 Å². The number of rotatable bonds is 7. The zero-order valence-electron chi connectivity index (χ0n) is 11.0. The Balaban J connectivity index is 1.37. The van der Waals surface area contributed by atoms with Gasteiger partial charge >= 0.3 is 0 Å². The number of halogens is 1. The minimum absolute atomic E-state index is 0.00650. The molecule has 4 fully saturated rings. The topological polar surface area (TPSA) is 55.4 Å². The lowest BCUT2D eigenvalue weighted by atomic mass is 9.38. The average molecular weight is 330 g/mol. The predicted octanol–water partition coefficient (Wildman–Crippen LogP) is 1.95. The van der Waals surface area contributed by atoms with E-state index in [-0.39, 0.29) is 29.3 Å². The number of ether oxygens (including phenoxy) is 1. The van der Waals surface area contributed by atoms with E-state index in [0.717, 1.165) is 32.1 Å². The second kappa shape index (κ2) is 4.85. The first-order valence-corrected chi connectivity index (χ1v) is 8.17. The smallest absolute Gasteiger partial charge is 0.246 e. The molecule has 0 aromatic rings. The Labute approximate surface area is 121 Å². The molecule has 0 aliphatic heterocycles. The van der Waals surface area contributed by atoms with Gasteiger partial charge in [0, 0.05) is 12.0 Å². The first-order valence-electron chi connectivity index (χ1n) is 7.05. The van der Waals surface area contributed by atoms with Crippen LogP contribution in [0.1, 0.15) is 44.9 Å². The molecule has 5 heteroatoms. The number of carbonyl (C=O) groups is 2. The first kappa shape index (κ1) is 13.6. The fourth-order valence-electron chi connectivity index (χ4n) is 3.85. The Morgan fingerprint density at radius 3 is 2.47 bits per heavy atom. The van der Waals surface area contributed by atoms with Crippen molar-refractivity contribution < 1.29 is 14.3 Å². The van der Waals surface area contributed by atoms with Gasteiger partial charge in [0.05, 0.1) is 11.4 Å². The quantitative estimate of drug-likeness (QED) is 0.726. The molecular weight excluding hydrogens is 310 g/mol. The molecule has 4 aliphatic rings. The molecule has 4 nitrogen and oxygen atoms in total. The van der Waals surface area contributed by atoms with Gasteiger partial charge in [0.1, 0.15) is 12.4 Å². The van der Waals surface area contributed by atoms with E-state index in [1.807, 2.05) is 0 Å². The summed E-state index contributed by atoms with van der Waals surface area (Å²) in [4.78, 5) is 23.2. The molecule has 0 spiro atoms. The van der Waals surface area contributed by atoms with Crippen molar-refractivity contribution in [2.45, 2.75) is 56.6 Å². The third-order valence-corrected chi connectivity index (χ3v) is 5.39. The van der Waals surface area contributed by atoms with Crippen LogP contribution in [-0.4, -0.2) is 35.3 Å². The molecule has 0 unspecified atom stereocenters. The largest absolute Gasteiger partial charge is 0.368 e. The molecule has 0 heterocycles. The zero-order chi connectivity index (χ0) is 13.5. The number of nitrogens with one attached hydrogen (secondary N) is 1. The number of carbonyl (C=O) groups excluding carboxylic acids is 2. The summed E-state index contributed by atoms with van der Waals surface area (Å²) in [7, 11) is 0. The van der Waals surface area contributed by atoms with Crippen LogP contribution in [0.4, 0.5) is 0 Å². The molecule has 4 rings (SSSR count). The second-order valence-corrected chi connectivity index (χ2v) is 7.13. The summed E-state index contributed by atoms with van der Waals surface area (Å²) in [5, 5.41) is 3.54. The Morgan fingerprint density at radius 1 is 1.26 bits per heavy atom. The normalized spacial score (nSPS) is 35.8. The highest BCUT2D eigenvalue weighted by Gasteiger charge is 2.68. The van der Waals surface area contributed by atoms with Gasteiger partial charge in [-0.15, -0.1) is 0 Å². The van der Waals surface area contributed by atoms with E-state index in [1.54, 1.807) is 0 Å². The number of amides is 1. The summed E-state index contributed by atoms with van der Waals surface area (Å²) in [5.41, 5.74) is 0.194. The Morgan fingerprint density at radius 2 is 1.95 bits per heavy atom. The average Bonchev–Trinajstić information content (AvgIpc) is 2.22. The SMILES string of the molecule is O=C(CBr)CC12CC(NC(=O)COC3CCC3)(C1)C2. The summed E-state index contributed by atoms with van der Waals surface area (Å²) in [6.45, 7) is 0.194. The highest BCUT2D eigenvalue weighted by atomic mass is 79.9. The van der Waals surface area contributed by atoms with E-state index in [1.165, 1.54) is 6.42 Å². The fourth-order valence-corrected chi connectivity index (χ4v) is 4.04. The van der Waals surface area contributed by atoms with Crippen molar-refractivity contribution in [3.8, 4) is 0 Å². The monoisotopic (exact) mass is 329 g/mol. The van der Waals surface area contributed by atoms with Gasteiger partial charge in [0.15, 0.2) is 0 Å². The predicted molar refractivity (Wildman–Crippen MR) is 74.2 cm³/mol. The molecule has 4 aliphatic carbocycles. The number of hydrogen-bond donors (Lipinski definition) is 1. The molecule has 4 saturated carbocycles. The van der Waals surface area contributed by atoms with Gasteiger partial charge in [-0.25, -0.2) is 0 Å². The van der Waals surface area contributed by atoms with Gasteiger partial charge in [0.25, 0.3) is 0 Å². The molecule has 0 saturated heterocycles. The number of hydrogen-bond acceptors (Lipinski definition) is 3. The maximum absolute atomic E-state index is 11.8. The molecule has 0 atom stereocenters. The molecule has 1 amide bonds. The fraction of sp³-hybridized carbons (Fsp3) is 0.857. The number of ketones is 1. The zero-order valence-corrected chi connectivity index (χ0v) is 12.6. The van der Waals surface area contributed by atoms with Crippen LogP contribution in [0.5, 0.6) is 0 Å². The lowest BCUT2D eigenvalue weighted by Crippen LogP contribution is -2.75. The van der Waals surface area contributed by atoms with Gasteiger partial charge in [0.2, 0.25) is 5.91 Å². The molecule has 0 aromatic carbocycles. The Hall–Kier alpha value is -0.420. The number of alkyl halides is 1. The van der Waals surface area contributed by atoms with E-state index < -0.39 is 0 Å². The van der Waals surface area contributed by atoms with E-state index in [2.05, 4.69) is 21.2 Å². The van der Waals surface area contributed by atoms with Crippen molar-refractivity contribution in [3.05, 3.63) is 0 Å². The maximum atomic E-state index is 11.8. The number of Topliss-reactive ketones (excluding diaryl/α,β-unsaturated/α-hetero) is 1. The molecule has 0 radical (unpaired) electrons. The third-order valence-electron chi connectivity index (χ3n) is 4.77. The van der Waals surface area contributed by atoms with Crippen LogP contribution in [0.15, 0.2) is 0 Å². The van der Waals surface area contributed by atoms with Crippen LogP contribution in [-0.2, 0) is 14.3 Å². The second-order valence-electron chi connectivity index (χ2n) is 6.57. The summed E-state index contributed by atoms with van der Waals surface area (Å²) in [6, 6.07) is 0. The van der Waals surface area contributed by atoms with Gasteiger partial charge in [-0.3, -0.25) is 9.59 Å². The lowest BCUT2D eigenvalue weighted by molar-refractivity contribution is -0.174. The van der Waals surface area contributed by atoms with E-state index in [0.29, 0.717) is 17.9 Å². The molecule has 0 aromatic heterocycles. The van der Waals surface area contributed by atoms with Crippen LogP contribution in [0.2, 0.25) is 0 Å². The van der Waals surface area contributed by atoms with Gasteiger partial charge in [-0.2, -0.15) is 0 Å². The van der Waals surface area contributed by atoms with Crippen LogP contribution in [0.25, 0.3) is 0 Å². The van der Waals surface area contributed by atoms with Crippen molar-refractivity contribution >= 4 is 27.6 Å². The van der Waals surface area contributed by atoms with Gasteiger partial charge < -0.3 is 10.1 Å². The molecule has 2 bridgehead atoms. The van der Waals surface area contributed by atoms with Crippen molar-refractivity contribution in [2.75, 3.05) is 11.9 Å². The molecule has 106 valence electrons. The summed E-state index contributed by atoms with van der Waals surface area (Å²) >= 11 is 3.20. The summed E-state index contributed by atoms with van der Waals surface area (Å²) < 4.78 is 5.51. The Kier molecular flexibility index (Phi) is 3.46. The minimum atomic E-state index is -0.00729. The summed E-state index contributed by atoms with van der Waals surface area (Å²) in [5.74, 6) is 0.278.